The maximum absolute atomic E-state index is 12.9. The Balaban J connectivity index is 1.94. The minimum atomic E-state index is -1.39. The van der Waals surface area contributed by atoms with Crippen LogP contribution in [0.1, 0.15) is 26.4 Å². The fourth-order valence-electron chi connectivity index (χ4n) is 2.96. The number of amides is 2. The van der Waals surface area contributed by atoms with E-state index in [1.807, 2.05) is 0 Å². The zero-order chi connectivity index (χ0) is 17.6. The molecule has 0 bridgehead atoms. The van der Waals surface area contributed by atoms with Crippen LogP contribution in [0.25, 0.3) is 16.8 Å². The Morgan fingerprint density at radius 3 is 2.24 bits per heavy atom. The van der Waals surface area contributed by atoms with Crippen LogP contribution >= 0.6 is 0 Å². The Morgan fingerprint density at radius 1 is 1.08 bits per heavy atom. The van der Waals surface area contributed by atoms with E-state index in [2.05, 4.69) is 9.97 Å². The van der Waals surface area contributed by atoms with E-state index >= 15 is 0 Å². The first-order valence-corrected chi connectivity index (χ1v) is 7.42. The van der Waals surface area contributed by atoms with Crippen molar-refractivity contribution in [2.24, 2.45) is 0 Å². The van der Waals surface area contributed by atoms with Gasteiger partial charge < -0.3 is 10.1 Å². The topological polar surface area (TPSA) is 103 Å². The van der Waals surface area contributed by atoms with Gasteiger partial charge in [-0.2, -0.15) is 0 Å². The van der Waals surface area contributed by atoms with Crippen LogP contribution in [-0.2, 0) is 4.79 Å². The SMILES string of the molecule is O=C(O)/C(=C\c1cnc[nH]1)N1C(=O)c2cccc3cccc(c23)C1=O. The number of hydrogen-bond donors (Lipinski definition) is 2. The summed E-state index contributed by atoms with van der Waals surface area (Å²) in [5.41, 5.74) is 0.523. The molecular formula is C18H11N3O4. The number of carboxylic acids is 1. The van der Waals surface area contributed by atoms with Gasteiger partial charge in [-0.05, 0) is 23.6 Å². The van der Waals surface area contributed by atoms with Gasteiger partial charge in [-0.15, -0.1) is 0 Å². The van der Waals surface area contributed by atoms with E-state index < -0.39 is 23.5 Å². The predicted molar refractivity (Wildman–Crippen MR) is 88.6 cm³/mol. The number of carboxylic acid groups (broad SMARTS) is 1. The molecule has 122 valence electrons. The van der Waals surface area contributed by atoms with Gasteiger partial charge in [-0.25, -0.2) is 14.7 Å². The van der Waals surface area contributed by atoms with Crippen LogP contribution in [-0.4, -0.2) is 37.8 Å². The standard InChI is InChI=1S/C18H11N3O4/c22-16-12-5-1-3-10-4-2-6-13(15(10)12)17(23)21(16)14(18(24)25)7-11-8-19-9-20-11/h1-9H,(H,19,20)(H,24,25)/b14-7+. The number of aromatic nitrogens is 2. The Kier molecular flexibility index (Phi) is 3.21. The summed E-state index contributed by atoms with van der Waals surface area (Å²) in [4.78, 5) is 44.7. The molecule has 7 nitrogen and oxygen atoms in total. The normalized spacial score (nSPS) is 14.2. The molecule has 25 heavy (non-hydrogen) atoms. The van der Waals surface area contributed by atoms with Gasteiger partial charge in [0.25, 0.3) is 11.8 Å². The molecule has 0 saturated heterocycles. The van der Waals surface area contributed by atoms with Gasteiger partial charge in [-0.1, -0.05) is 24.3 Å². The third-order valence-electron chi connectivity index (χ3n) is 4.04. The minimum absolute atomic E-state index is 0.296. The van der Waals surface area contributed by atoms with Gasteiger partial charge in [0.05, 0.1) is 18.2 Å². The van der Waals surface area contributed by atoms with E-state index in [1.54, 1.807) is 36.4 Å². The fraction of sp³-hybridized carbons (Fsp3) is 0. The molecule has 1 aliphatic heterocycles. The molecule has 0 fully saturated rings. The lowest BCUT2D eigenvalue weighted by Gasteiger charge is -2.27. The lowest BCUT2D eigenvalue weighted by Crippen LogP contribution is -2.41. The first kappa shape index (κ1) is 14.8. The number of carbonyl (C=O) groups excluding carboxylic acids is 2. The summed E-state index contributed by atoms with van der Waals surface area (Å²) in [6.45, 7) is 0. The number of H-pyrrole nitrogens is 1. The van der Waals surface area contributed by atoms with Crippen molar-refractivity contribution in [2.75, 3.05) is 0 Å². The summed E-state index contributed by atoms with van der Waals surface area (Å²) in [6, 6.07) is 10.2. The number of hydrogen-bond acceptors (Lipinski definition) is 4. The van der Waals surface area contributed by atoms with Crippen LogP contribution in [0.2, 0.25) is 0 Å². The van der Waals surface area contributed by atoms with Crippen molar-refractivity contribution in [1.82, 2.24) is 14.9 Å². The van der Waals surface area contributed by atoms with E-state index in [0.717, 1.165) is 5.39 Å². The van der Waals surface area contributed by atoms with Crippen molar-refractivity contribution in [2.45, 2.75) is 0 Å². The third-order valence-corrected chi connectivity index (χ3v) is 4.04. The smallest absolute Gasteiger partial charge is 0.353 e. The lowest BCUT2D eigenvalue weighted by molar-refractivity contribution is -0.133. The molecular weight excluding hydrogens is 322 g/mol. The largest absolute Gasteiger partial charge is 0.477 e. The van der Waals surface area contributed by atoms with Gasteiger partial charge in [-0.3, -0.25) is 9.59 Å². The van der Waals surface area contributed by atoms with Gasteiger partial charge in [0.15, 0.2) is 0 Å². The number of nitrogens with zero attached hydrogens (tertiary/aromatic N) is 2. The number of aromatic amines is 1. The summed E-state index contributed by atoms with van der Waals surface area (Å²) >= 11 is 0. The highest BCUT2D eigenvalue weighted by Gasteiger charge is 2.37. The first-order valence-electron chi connectivity index (χ1n) is 7.42. The van der Waals surface area contributed by atoms with Crippen LogP contribution in [0.5, 0.6) is 0 Å². The molecule has 2 amide bonds. The van der Waals surface area contributed by atoms with Crippen LogP contribution in [0.4, 0.5) is 0 Å². The minimum Gasteiger partial charge on any atom is -0.477 e. The van der Waals surface area contributed by atoms with Gasteiger partial charge in [0.1, 0.15) is 5.70 Å². The molecule has 7 heteroatoms. The monoisotopic (exact) mass is 333 g/mol. The summed E-state index contributed by atoms with van der Waals surface area (Å²) in [7, 11) is 0. The second kappa shape index (κ2) is 5.41. The number of imidazole rings is 1. The molecule has 0 unspecified atom stereocenters. The van der Waals surface area contributed by atoms with Crippen molar-refractivity contribution >= 4 is 34.6 Å². The van der Waals surface area contributed by atoms with E-state index in [9.17, 15) is 19.5 Å². The Bertz CT molecular complexity index is 1020. The molecule has 4 rings (SSSR count). The van der Waals surface area contributed by atoms with Crippen LogP contribution in [0.3, 0.4) is 0 Å². The van der Waals surface area contributed by atoms with Crippen LogP contribution in [0, 0.1) is 0 Å². The highest BCUT2D eigenvalue weighted by molar-refractivity contribution is 6.28. The molecule has 0 radical (unpaired) electrons. The molecule has 3 aromatic rings. The maximum atomic E-state index is 12.9. The average Bonchev–Trinajstić information content (AvgIpc) is 3.12. The Labute approximate surface area is 141 Å². The molecule has 2 N–H and O–H groups in total. The van der Waals surface area contributed by atoms with Crippen molar-refractivity contribution < 1.29 is 19.5 Å². The first-order chi connectivity index (χ1) is 12.1. The van der Waals surface area contributed by atoms with Crippen molar-refractivity contribution in [3.63, 3.8) is 0 Å². The molecule has 1 aromatic heterocycles. The fourth-order valence-corrected chi connectivity index (χ4v) is 2.96. The third kappa shape index (κ3) is 2.21. The molecule has 0 spiro atoms. The van der Waals surface area contributed by atoms with Gasteiger partial charge in [0.2, 0.25) is 0 Å². The lowest BCUT2D eigenvalue weighted by atomic mass is 9.93. The molecule has 2 aromatic carbocycles. The molecule has 1 aliphatic rings. The molecule has 0 saturated carbocycles. The summed E-state index contributed by atoms with van der Waals surface area (Å²) in [6.07, 6.45) is 3.98. The highest BCUT2D eigenvalue weighted by atomic mass is 16.4. The van der Waals surface area contributed by atoms with E-state index in [-0.39, 0.29) is 0 Å². The zero-order valence-corrected chi connectivity index (χ0v) is 12.8. The molecule has 0 atom stereocenters. The number of nitrogens with one attached hydrogen (secondary N) is 1. The Morgan fingerprint density at radius 2 is 1.72 bits per heavy atom. The highest BCUT2D eigenvalue weighted by Crippen LogP contribution is 2.32. The Hall–Kier alpha value is -3.74. The van der Waals surface area contributed by atoms with E-state index in [1.165, 1.54) is 18.6 Å². The van der Waals surface area contributed by atoms with Crippen molar-refractivity contribution in [1.29, 1.82) is 0 Å². The molecule has 0 aliphatic carbocycles. The predicted octanol–water partition coefficient (Wildman–Crippen LogP) is 2.28. The number of carbonyl (C=O) groups is 3. The summed E-state index contributed by atoms with van der Waals surface area (Å²) in [5, 5.41) is 10.9. The van der Waals surface area contributed by atoms with E-state index in [0.29, 0.717) is 27.1 Å². The second-order valence-electron chi connectivity index (χ2n) is 5.50. The van der Waals surface area contributed by atoms with E-state index in [4.69, 9.17) is 0 Å². The van der Waals surface area contributed by atoms with Gasteiger partial charge in [0, 0.05) is 16.5 Å². The van der Waals surface area contributed by atoms with Crippen molar-refractivity contribution in [3.8, 4) is 0 Å². The maximum Gasteiger partial charge on any atom is 0.353 e. The average molecular weight is 333 g/mol. The quantitative estimate of drug-likeness (QED) is 0.565. The summed E-state index contributed by atoms with van der Waals surface area (Å²) < 4.78 is 0. The zero-order valence-electron chi connectivity index (χ0n) is 12.8. The number of benzene rings is 2. The second-order valence-corrected chi connectivity index (χ2v) is 5.50. The van der Waals surface area contributed by atoms with Gasteiger partial charge >= 0.3 is 5.97 Å². The van der Waals surface area contributed by atoms with Crippen LogP contribution < -0.4 is 0 Å². The van der Waals surface area contributed by atoms with Crippen molar-refractivity contribution in [3.05, 3.63) is 71.4 Å². The van der Waals surface area contributed by atoms with Crippen LogP contribution in [0.15, 0.2) is 54.6 Å². The molecule has 2 heterocycles. The number of aliphatic carboxylic acids is 1. The summed E-state index contributed by atoms with van der Waals surface area (Å²) in [5.74, 6) is -2.72. The number of rotatable bonds is 3. The number of imide groups is 1.